The van der Waals surface area contributed by atoms with Gasteiger partial charge in [0.15, 0.2) is 23.3 Å². The van der Waals surface area contributed by atoms with Gasteiger partial charge in [-0.15, -0.1) is 0 Å². The van der Waals surface area contributed by atoms with Crippen molar-refractivity contribution in [1.82, 2.24) is 0 Å². The Balaban J connectivity index is 0.000000283. The predicted octanol–water partition coefficient (Wildman–Crippen LogP) is 1.23. The molecule has 0 aliphatic heterocycles. The molecular weight excluding hydrogens is 432 g/mol. The van der Waals surface area contributed by atoms with Gasteiger partial charge >= 0.3 is 5.97 Å². The Hall–Kier alpha value is -2.55. The molecule has 5 N–H and O–H groups in total. The van der Waals surface area contributed by atoms with Crippen molar-refractivity contribution in [2.24, 2.45) is 10.3 Å². The third-order valence-corrected chi connectivity index (χ3v) is 4.99. The fourth-order valence-electron chi connectivity index (χ4n) is 1.76. The van der Waals surface area contributed by atoms with Gasteiger partial charge < -0.3 is 5.11 Å². The second-order valence-corrected chi connectivity index (χ2v) is 8.20. The summed E-state index contributed by atoms with van der Waals surface area (Å²) in [7, 11) is -8.59. The summed E-state index contributed by atoms with van der Waals surface area (Å²) in [6.45, 7) is 1.32. The van der Waals surface area contributed by atoms with Gasteiger partial charge in [0.25, 0.3) is 0 Å². The van der Waals surface area contributed by atoms with Gasteiger partial charge in [0, 0.05) is 0 Å². The van der Waals surface area contributed by atoms with E-state index in [-0.39, 0.29) is 5.56 Å². The Morgan fingerprint density at radius 1 is 0.786 bits per heavy atom. The van der Waals surface area contributed by atoms with E-state index in [1.54, 1.807) is 0 Å². The lowest BCUT2D eigenvalue weighted by Gasteiger charge is -2.03. The zero-order chi connectivity index (χ0) is 22.0. The molecule has 0 fully saturated rings. The first-order valence-corrected chi connectivity index (χ1v) is 9.89. The van der Waals surface area contributed by atoms with Crippen LogP contribution in [0.4, 0.5) is 17.6 Å². The zero-order valence-corrected chi connectivity index (χ0v) is 15.4. The van der Waals surface area contributed by atoms with Crippen molar-refractivity contribution >= 4 is 26.0 Å². The van der Waals surface area contributed by atoms with Crippen LogP contribution >= 0.6 is 0 Å². The molecule has 0 bridgehead atoms. The number of benzene rings is 2. The van der Waals surface area contributed by atoms with Crippen molar-refractivity contribution < 1.29 is 44.3 Å². The van der Waals surface area contributed by atoms with Crippen molar-refractivity contribution in [3.05, 3.63) is 58.7 Å². The molecule has 0 unspecified atom stereocenters. The van der Waals surface area contributed by atoms with Gasteiger partial charge in [0.1, 0.15) is 9.79 Å². The monoisotopic (exact) mass is 444 g/mol. The van der Waals surface area contributed by atoms with Crippen molar-refractivity contribution in [3.8, 4) is 0 Å². The Morgan fingerprint density at radius 3 is 1.57 bits per heavy atom. The Kier molecular flexibility index (Phi) is 6.89. The number of primary sulfonamides is 2. The van der Waals surface area contributed by atoms with E-state index in [0.717, 1.165) is 12.1 Å². The molecule has 0 amide bonds. The zero-order valence-electron chi connectivity index (χ0n) is 13.8. The fraction of sp³-hybridized carbons (Fsp3) is 0.0714. The lowest BCUT2D eigenvalue weighted by atomic mass is 10.2. The second-order valence-electron chi connectivity index (χ2n) is 5.14. The normalized spacial score (nSPS) is 11.5. The maximum atomic E-state index is 13.0. The van der Waals surface area contributed by atoms with Gasteiger partial charge in [0.05, 0.1) is 5.56 Å². The maximum Gasteiger partial charge on any atom is 0.338 e. The number of carboxylic acids is 1. The molecule has 8 nitrogen and oxygen atoms in total. The minimum Gasteiger partial charge on any atom is -0.478 e. The number of rotatable bonds is 3. The standard InChI is InChI=1S/C7H5F2NO4S.C7H7F2NO2S/c8-5-3(7(11)12)1-2-4(6(5)9)15(10,13)14;1-4-2-3-5(13(10,11)12)7(9)6(4)8/h1-2H,(H,11,12)(H2,10,13,14);2-3H,1H3,(H2,10,11,12). The average Bonchev–Trinajstić information content (AvgIpc) is 2.53. The first kappa shape index (κ1) is 23.5. The van der Waals surface area contributed by atoms with Crippen LogP contribution in [0.5, 0.6) is 0 Å². The van der Waals surface area contributed by atoms with Crippen LogP contribution in [-0.2, 0) is 20.0 Å². The van der Waals surface area contributed by atoms with Gasteiger partial charge in [-0.2, -0.15) is 0 Å². The summed E-state index contributed by atoms with van der Waals surface area (Å²) >= 11 is 0. The molecule has 0 saturated carbocycles. The molecule has 2 aromatic carbocycles. The number of nitrogens with two attached hydrogens (primary N) is 2. The van der Waals surface area contributed by atoms with Crippen LogP contribution in [0.15, 0.2) is 34.1 Å². The van der Waals surface area contributed by atoms with Crippen LogP contribution in [-0.4, -0.2) is 27.9 Å². The first-order valence-electron chi connectivity index (χ1n) is 6.80. The SMILES string of the molecule is Cc1ccc(S(N)(=O)=O)c(F)c1F.NS(=O)(=O)c1ccc(C(=O)O)c(F)c1F. The number of carboxylic acid groups (broad SMARTS) is 1. The minimum atomic E-state index is -4.41. The lowest BCUT2D eigenvalue weighted by molar-refractivity contribution is 0.0690. The van der Waals surface area contributed by atoms with Crippen LogP contribution in [0.1, 0.15) is 15.9 Å². The second kappa shape index (κ2) is 8.22. The largest absolute Gasteiger partial charge is 0.478 e. The van der Waals surface area contributed by atoms with Crippen molar-refractivity contribution in [3.63, 3.8) is 0 Å². The van der Waals surface area contributed by atoms with E-state index in [1.807, 2.05) is 0 Å². The summed E-state index contributed by atoms with van der Waals surface area (Å²) in [6, 6.07) is 3.30. The molecule has 0 atom stereocenters. The quantitative estimate of drug-likeness (QED) is 0.604. The lowest BCUT2D eigenvalue weighted by Crippen LogP contribution is -2.16. The number of hydrogen-bond acceptors (Lipinski definition) is 5. The number of halogens is 4. The smallest absolute Gasteiger partial charge is 0.338 e. The molecule has 0 saturated heterocycles. The summed E-state index contributed by atoms with van der Waals surface area (Å²) in [4.78, 5) is 8.45. The molecule has 0 aromatic heterocycles. The van der Waals surface area contributed by atoms with E-state index in [1.165, 1.54) is 6.92 Å². The highest BCUT2D eigenvalue weighted by atomic mass is 32.2. The average molecular weight is 444 g/mol. The van der Waals surface area contributed by atoms with Crippen LogP contribution in [0, 0.1) is 30.2 Å². The van der Waals surface area contributed by atoms with E-state index >= 15 is 0 Å². The highest BCUT2D eigenvalue weighted by molar-refractivity contribution is 7.89. The third kappa shape index (κ3) is 5.25. The highest BCUT2D eigenvalue weighted by Gasteiger charge is 2.23. The molecule has 0 aliphatic rings. The first-order chi connectivity index (χ1) is 12.6. The van der Waals surface area contributed by atoms with Gasteiger partial charge in [-0.25, -0.2) is 49.5 Å². The number of aryl methyl sites for hydroxylation is 1. The minimum absolute atomic E-state index is 0.0323. The van der Waals surface area contributed by atoms with Crippen LogP contribution < -0.4 is 10.3 Å². The molecule has 0 radical (unpaired) electrons. The molecule has 0 spiro atoms. The number of sulfonamides is 2. The predicted molar refractivity (Wildman–Crippen MR) is 87.2 cm³/mol. The highest BCUT2D eigenvalue weighted by Crippen LogP contribution is 2.20. The van der Waals surface area contributed by atoms with Gasteiger partial charge in [-0.1, -0.05) is 6.07 Å². The molecule has 2 aromatic rings. The summed E-state index contributed by atoms with van der Waals surface area (Å²) < 4.78 is 94.5. The van der Waals surface area contributed by atoms with E-state index < -0.39 is 64.6 Å². The molecule has 154 valence electrons. The Morgan fingerprint density at radius 2 is 1.18 bits per heavy atom. The van der Waals surface area contributed by atoms with Crippen molar-refractivity contribution in [2.75, 3.05) is 0 Å². The fourth-order valence-corrected chi connectivity index (χ4v) is 2.96. The summed E-state index contributed by atoms with van der Waals surface area (Å²) in [5, 5.41) is 17.6. The molecule has 2 rings (SSSR count). The van der Waals surface area contributed by atoms with Crippen LogP contribution in [0.25, 0.3) is 0 Å². The van der Waals surface area contributed by atoms with Crippen LogP contribution in [0.2, 0.25) is 0 Å². The third-order valence-electron chi connectivity index (χ3n) is 3.13. The van der Waals surface area contributed by atoms with Gasteiger partial charge in [0.2, 0.25) is 20.0 Å². The number of hydrogen-bond donors (Lipinski definition) is 3. The van der Waals surface area contributed by atoms with Gasteiger partial charge in [-0.05, 0) is 30.7 Å². The van der Waals surface area contributed by atoms with Crippen molar-refractivity contribution in [1.29, 1.82) is 0 Å². The Labute approximate surface area is 156 Å². The molecule has 0 aliphatic carbocycles. The topological polar surface area (TPSA) is 158 Å². The van der Waals surface area contributed by atoms with E-state index in [0.29, 0.717) is 12.1 Å². The maximum absolute atomic E-state index is 13.0. The molecule has 28 heavy (non-hydrogen) atoms. The molecule has 0 heterocycles. The summed E-state index contributed by atoms with van der Waals surface area (Å²) in [5.74, 6) is -7.87. The van der Waals surface area contributed by atoms with Crippen LogP contribution in [0.3, 0.4) is 0 Å². The van der Waals surface area contributed by atoms with Crippen molar-refractivity contribution in [2.45, 2.75) is 16.7 Å². The molecule has 14 heteroatoms. The van der Waals surface area contributed by atoms with E-state index in [4.69, 9.17) is 5.11 Å². The number of carbonyl (C=O) groups is 1. The number of aromatic carboxylic acids is 1. The Bertz CT molecular complexity index is 1150. The summed E-state index contributed by atoms with van der Waals surface area (Å²) in [5.41, 5.74) is -0.926. The van der Waals surface area contributed by atoms with E-state index in [9.17, 15) is 39.2 Å². The summed E-state index contributed by atoms with van der Waals surface area (Å²) in [6.07, 6.45) is 0. The molecular formula is C14H12F4N2O6S2. The van der Waals surface area contributed by atoms with E-state index in [2.05, 4.69) is 10.3 Å². The van der Waals surface area contributed by atoms with Gasteiger partial charge in [-0.3, -0.25) is 0 Å².